The number of ether oxygens (including phenoxy) is 1. The fourth-order valence-corrected chi connectivity index (χ4v) is 3.63. The molecule has 7 heteroatoms. The zero-order valence-electron chi connectivity index (χ0n) is 11.9. The first-order valence-electron chi connectivity index (χ1n) is 6.99. The third-order valence-electron chi connectivity index (χ3n) is 3.59. The van der Waals surface area contributed by atoms with Crippen LogP contribution in [0.4, 0.5) is 5.00 Å². The average molecular weight is 367 g/mol. The molecule has 0 bridgehead atoms. The van der Waals surface area contributed by atoms with Gasteiger partial charge in [0.25, 0.3) is 5.91 Å². The molecule has 1 aromatic carbocycles. The second-order valence-corrected chi connectivity index (χ2v) is 6.78. The molecule has 0 aliphatic carbocycles. The van der Waals surface area contributed by atoms with Crippen LogP contribution in [-0.2, 0) is 9.53 Å². The highest BCUT2D eigenvalue weighted by molar-refractivity contribution is 7.15. The number of nitrogens with zero attached hydrogens (tertiary/aromatic N) is 1. The molecule has 2 aromatic rings. The minimum atomic E-state index is -0.433. The van der Waals surface area contributed by atoms with E-state index >= 15 is 0 Å². The molecule has 0 saturated carbocycles. The van der Waals surface area contributed by atoms with Gasteiger partial charge in [0.2, 0.25) is 0 Å². The van der Waals surface area contributed by atoms with Crippen molar-refractivity contribution in [2.45, 2.75) is 18.9 Å². The molecule has 23 heavy (non-hydrogen) atoms. The lowest BCUT2D eigenvalue weighted by atomic mass is 10.0. The van der Waals surface area contributed by atoms with Crippen molar-refractivity contribution in [3.05, 3.63) is 39.2 Å². The second-order valence-electron chi connectivity index (χ2n) is 5.09. The van der Waals surface area contributed by atoms with E-state index in [1.54, 1.807) is 18.2 Å². The minimum absolute atomic E-state index is 0.207. The molecular weight excluding hydrogens is 355 g/mol. The Morgan fingerprint density at radius 3 is 2.87 bits per heavy atom. The van der Waals surface area contributed by atoms with Crippen LogP contribution in [-0.4, -0.2) is 18.6 Å². The lowest BCUT2D eigenvalue weighted by Gasteiger charge is -2.09. The number of anilines is 1. The van der Waals surface area contributed by atoms with Gasteiger partial charge in [-0.1, -0.05) is 29.3 Å². The van der Waals surface area contributed by atoms with E-state index in [9.17, 15) is 10.1 Å². The highest BCUT2D eigenvalue weighted by Gasteiger charge is 2.25. The van der Waals surface area contributed by atoms with Gasteiger partial charge < -0.3 is 10.1 Å². The topological polar surface area (TPSA) is 62.1 Å². The van der Waals surface area contributed by atoms with Crippen LogP contribution >= 0.6 is 34.5 Å². The monoisotopic (exact) mass is 366 g/mol. The number of nitriles is 1. The maximum Gasteiger partial charge on any atom is 0.254 e. The number of carbonyl (C=O) groups is 1. The summed E-state index contributed by atoms with van der Waals surface area (Å²) in [5, 5.41) is 15.5. The van der Waals surface area contributed by atoms with Crippen molar-refractivity contribution in [1.82, 2.24) is 0 Å². The molecule has 1 N–H and O–H groups in total. The predicted molar refractivity (Wildman–Crippen MR) is 92.1 cm³/mol. The van der Waals surface area contributed by atoms with Gasteiger partial charge in [-0.25, -0.2) is 0 Å². The molecule has 4 nitrogen and oxygen atoms in total. The van der Waals surface area contributed by atoms with Gasteiger partial charge in [0, 0.05) is 17.6 Å². The van der Waals surface area contributed by atoms with Crippen LogP contribution < -0.4 is 5.32 Å². The first kappa shape index (κ1) is 16.3. The number of thiophene rings is 1. The summed E-state index contributed by atoms with van der Waals surface area (Å²) in [6.45, 7) is 0.599. The second kappa shape index (κ2) is 6.90. The van der Waals surface area contributed by atoms with Crippen molar-refractivity contribution in [2.24, 2.45) is 0 Å². The fourth-order valence-electron chi connectivity index (χ4n) is 2.41. The summed E-state index contributed by atoms with van der Waals surface area (Å²) in [6, 6.07) is 7.34. The molecule has 2 heterocycles. The number of hydrogen-bond donors (Lipinski definition) is 1. The quantitative estimate of drug-likeness (QED) is 0.855. The van der Waals surface area contributed by atoms with Gasteiger partial charge in [0.15, 0.2) is 0 Å². The van der Waals surface area contributed by atoms with Crippen molar-refractivity contribution >= 4 is 45.4 Å². The Bertz CT molecular complexity index is 792. The fraction of sp³-hybridized carbons (Fsp3) is 0.250. The predicted octanol–water partition coefficient (Wildman–Crippen LogP) is 4.71. The van der Waals surface area contributed by atoms with Gasteiger partial charge in [-0.3, -0.25) is 4.79 Å². The lowest BCUT2D eigenvalue weighted by Crippen LogP contribution is -2.26. The molecule has 1 aliphatic heterocycles. The van der Waals surface area contributed by atoms with Crippen molar-refractivity contribution < 1.29 is 9.53 Å². The van der Waals surface area contributed by atoms with Gasteiger partial charge in [-0.05, 0) is 30.5 Å². The largest absolute Gasteiger partial charge is 0.368 e. The molecule has 1 aliphatic rings. The standard InChI is InChI=1S/C16H12Cl2N2O2S/c17-12-4-3-9(6-13(12)18)11-8-23-16(10(11)7-19)20-15(21)14-2-1-5-22-14/h3-4,6,8,14H,1-2,5H2,(H,20,21)/t14-/m0/s1. The molecule has 1 amide bonds. The Morgan fingerprint density at radius 1 is 1.39 bits per heavy atom. The van der Waals surface area contributed by atoms with E-state index in [0.717, 1.165) is 17.5 Å². The molecule has 118 valence electrons. The van der Waals surface area contributed by atoms with Crippen LogP contribution in [0.2, 0.25) is 10.0 Å². The molecule has 0 spiro atoms. The zero-order valence-corrected chi connectivity index (χ0v) is 14.3. The van der Waals surface area contributed by atoms with Crippen LogP contribution in [0.5, 0.6) is 0 Å². The van der Waals surface area contributed by atoms with E-state index in [4.69, 9.17) is 27.9 Å². The summed E-state index contributed by atoms with van der Waals surface area (Å²) in [5.74, 6) is -0.207. The summed E-state index contributed by atoms with van der Waals surface area (Å²) in [6.07, 6.45) is 1.15. The van der Waals surface area contributed by atoms with E-state index < -0.39 is 6.10 Å². The van der Waals surface area contributed by atoms with E-state index in [1.165, 1.54) is 11.3 Å². The SMILES string of the molecule is N#Cc1c(-c2ccc(Cl)c(Cl)c2)csc1NC(=O)[C@@H]1CCCO1. The normalized spacial score (nSPS) is 17.0. The molecular formula is C16H12Cl2N2O2S. The number of benzene rings is 1. The number of nitrogens with one attached hydrogen (secondary N) is 1. The first-order valence-corrected chi connectivity index (χ1v) is 8.63. The van der Waals surface area contributed by atoms with Gasteiger partial charge >= 0.3 is 0 Å². The molecule has 0 radical (unpaired) electrons. The number of rotatable bonds is 3. The number of halogens is 2. The van der Waals surface area contributed by atoms with Crippen LogP contribution in [0.15, 0.2) is 23.6 Å². The van der Waals surface area contributed by atoms with Crippen molar-refractivity contribution in [3.8, 4) is 17.2 Å². The number of amides is 1. The number of hydrogen-bond acceptors (Lipinski definition) is 4. The third kappa shape index (κ3) is 3.36. The highest BCUT2D eigenvalue weighted by atomic mass is 35.5. The van der Waals surface area contributed by atoms with Crippen LogP contribution in [0.3, 0.4) is 0 Å². The van der Waals surface area contributed by atoms with E-state index in [-0.39, 0.29) is 5.91 Å². The summed E-state index contributed by atoms with van der Waals surface area (Å²) < 4.78 is 5.36. The molecule has 0 unspecified atom stereocenters. The van der Waals surface area contributed by atoms with E-state index in [0.29, 0.717) is 33.6 Å². The zero-order chi connectivity index (χ0) is 16.4. The molecule has 3 rings (SSSR count). The van der Waals surface area contributed by atoms with E-state index in [1.807, 2.05) is 5.38 Å². The Balaban J connectivity index is 1.89. The Kier molecular flexibility index (Phi) is 4.88. The minimum Gasteiger partial charge on any atom is -0.368 e. The Labute approximate surface area is 147 Å². The molecule has 1 atom stereocenters. The summed E-state index contributed by atoms with van der Waals surface area (Å²) in [5.41, 5.74) is 1.92. The first-order chi connectivity index (χ1) is 11.1. The average Bonchev–Trinajstić information content (AvgIpc) is 3.19. The van der Waals surface area contributed by atoms with Crippen molar-refractivity contribution in [1.29, 1.82) is 5.26 Å². The molecule has 1 saturated heterocycles. The van der Waals surface area contributed by atoms with Crippen molar-refractivity contribution in [2.75, 3.05) is 11.9 Å². The maximum absolute atomic E-state index is 12.2. The van der Waals surface area contributed by atoms with Gasteiger partial charge in [-0.2, -0.15) is 5.26 Å². The van der Waals surface area contributed by atoms with Crippen molar-refractivity contribution in [3.63, 3.8) is 0 Å². The molecule has 1 aromatic heterocycles. The van der Waals surface area contributed by atoms with Crippen LogP contribution in [0, 0.1) is 11.3 Å². The summed E-state index contributed by atoms with van der Waals surface area (Å²) >= 11 is 13.3. The van der Waals surface area contributed by atoms with Crippen LogP contribution in [0.25, 0.3) is 11.1 Å². The Hall–Kier alpha value is -1.58. The Morgan fingerprint density at radius 2 is 2.22 bits per heavy atom. The van der Waals surface area contributed by atoms with Gasteiger partial charge in [0.05, 0.1) is 15.6 Å². The van der Waals surface area contributed by atoms with Gasteiger partial charge in [0.1, 0.15) is 17.2 Å². The summed E-state index contributed by atoms with van der Waals surface area (Å²) in [7, 11) is 0. The lowest BCUT2D eigenvalue weighted by molar-refractivity contribution is -0.124. The van der Waals surface area contributed by atoms with Gasteiger partial charge in [-0.15, -0.1) is 11.3 Å². The highest BCUT2D eigenvalue weighted by Crippen LogP contribution is 2.37. The third-order valence-corrected chi connectivity index (χ3v) is 5.23. The molecule has 1 fully saturated rings. The summed E-state index contributed by atoms with van der Waals surface area (Å²) in [4.78, 5) is 12.2. The number of carbonyl (C=O) groups excluding carboxylic acids is 1. The van der Waals surface area contributed by atoms with Crippen LogP contribution in [0.1, 0.15) is 18.4 Å². The van der Waals surface area contributed by atoms with E-state index in [2.05, 4.69) is 11.4 Å². The smallest absolute Gasteiger partial charge is 0.254 e. The maximum atomic E-state index is 12.2.